The Morgan fingerprint density at radius 2 is 0.652 bits per heavy atom. The molecule has 2 heteroatoms. The second kappa shape index (κ2) is 19.9. The predicted molar refractivity (Wildman–Crippen MR) is 202 cm³/mol. The molecule has 0 amide bonds. The van der Waals surface area contributed by atoms with Gasteiger partial charge in [-0.3, -0.25) is 0 Å². The summed E-state index contributed by atoms with van der Waals surface area (Å²) in [5, 5.41) is 0. The van der Waals surface area contributed by atoms with E-state index in [0.717, 1.165) is 37.1 Å². The summed E-state index contributed by atoms with van der Waals surface area (Å²) in [6.45, 7) is 4.55. The third kappa shape index (κ3) is 12.3. The molecule has 0 unspecified atom stereocenters. The van der Waals surface area contributed by atoms with E-state index in [1.54, 1.807) is 0 Å². The van der Waals surface area contributed by atoms with Crippen LogP contribution in [-0.4, -0.2) is 0 Å². The van der Waals surface area contributed by atoms with Gasteiger partial charge in [0.25, 0.3) is 0 Å². The van der Waals surface area contributed by atoms with Crippen LogP contribution in [0, 0.1) is 0 Å². The molecule has 0 aliphatic heterocycles. The van der Waals surface area contributed by atoms with Crippen molar-refractivity contribution in [2.24, 2.45) is 0 Å². The van der Waals surface area contributed by atoms with E-state index in [-0.39, 0.29) is 0 Å². The quantitative estimate of drug-likeness (QED) is 0.0723. The molecule has 0 aliphatic rings. The molecule has 0 radical (unpaired) electrons. The highest BCUT2D eigenvalue weighted by molar-refractivity contribution is 5.43. The molecule has 0 saturated carbocycles. The Morgan fingerprint density at radius 1 is 0.348 bits per heavy atom. The summed E-state index contributed by atoms with van der Waals surface area (Å²) >= 11 is 0. The van der Waals surface area contributed by atoms with Gasteiger partial charge in [-0.1, -0.05) is 139 Å². The first-order valence-electron chi connectivity index (χ1n) is 18.4. The minimum Gasteiger partial charge on any atom is -0.399 e. The minimum atomic E-state index is 0.836. The van der Waals surface area contributed by atoms with Gasteiger partial charge in [0.05, 0.1) is 0 Å². The number of rotatable bonds is 21. The number of benzene rings is 4. The molecule has 0 bridgehead atoms. The summed E-state index contributed by atoms with van der Waals surface area (Å²) in [4.78, 5) is 0. The fourth-order valence-electron chi connectivity index (χ4n) is 6.81. The highest BCUT2D eigenvalue weighted by Crippen LogP contribution is 2.22. The standard InChI is InChI=1S/C44H60N2/c1-3-39-31-35(19-25-41(39)33-37-21-27-43(45)28-22-37)17-15-13-11-9-7-5-6-8-10-12-14-16-18-36-20-26-42(40(4-2)32-36)34-38-23-29-44(46)30-24-38/h19-32H,3-18,33-34,45-46H2,1-2H3. The lowest BCUT2D eigenvalue weighted by molar-refractivity contribution is 0.540. The SMILES string of the molecule is CCc1cc(CCCCCCCCCCCCCCc2ccc(Cc3ccc(N)cc3)c(CC)c2)ccc1Cc1ccc(N)cc1. The Balaban J connectivity index is 0.989. The van der Waals surface area contributed by atoms with Crippen molar-refractivity contribution in [3.63, 3.8) is 0 Å². The molecule has 0 saturated heterocycles. The predicted octanol–water partition coefficient (Wildman–Crippen LogP) is 11.6. The molecule has 46 heavy (non-hydrogen) atoms. The van der Waals surface area contributed by atoms with E-state index in [2.05, 4.69) is 74.5 Å². The summed E-state index contributed by atoms with van der Waals surface area (Å²) in [7, 11) is 0. The smallest absolute Gasteiger partial charge is 0.0314 e. The van der Waals surface area contributed by atoms with E-state index in [9.17, 15) is 0 Å². The zero-order chi connectivity index (χ0) is 32.4. The van der Waals surface area contributed by atoms with Gasteiger partial charge in [0, 0.05) is 11.4 Å². The van der Waals surface area contributed by atoms with Crippen LogP contribution >= 0.6 is 0 Å². The van der Waals surface area contributed by atoms with E-state index in [1.165, 1.54) is 134 Å². The van der Waals surface area contributed by atoms with Gasteiger partial charge in [0.15, 0.2) is 0 Å². The average molecular weight is 617 g/mol. The Morgan fingerprint density at radius 3 is 0.978 bits per heavy atom. The number of nitrogen functional groups attached to an aromatic ring is 2. The van der Waals surface area contributed by atoms with Crippen LogP contribution in [-0.2, 0) is 38.5 Å². The van der Waals surface area contributed by atoms with Gasteiger partial charge in [-0.25, -0.2) is 0 Å². The molecule has 4 N–H and O–H groups in total. The van der Waals surface area contributed by atoms with Crippen LogP contribution < -0.4 is 11.5 Å². The molecular formula is C44H60N2. The summed E-state index contributed by atoms with van der Waals surface area (Å²) in [5.74, 6) is 0. The molecule has 2 nitrogen and oxygen atoms in total. The maximum absolute atomic E-state index is 5.86. The van der Waals surface area contributed by atoms with Gasteiger partial charge in [-0.15, -0.1) is 0 Å². The van der Waals surface area contributed by atoms with Crippen molar-refractivity contribution in [3.05, 3.63) is 129 Å². The molecular weight excluding hydrogens is 556 g/mol. The lowest BCUT2D eigenvalue weighted by atomic mass is 9.94. The first-order chi connectivity index (χ1) is 22.5. The van der Waals surface area contributed by atoms with Crippen molar-refractivity contribution in [2.75, 3.05) is 11.5 Å². The van der Waals surface area contributed by atoms with Crippen LogP contribution in [0.1, 0.15) is 135 Å². The van der Waals surface area contributed by atoms with Gasteiger partial charge in [-0.05, 0) is 120 Å². The summed E-state index contributed by atoms with van der Waals surface area (Å²) < 4.78 is 0. The molecule has 0 spiro atoms. The van der Waals surface area contributed by atoms with Crippen molar-refractivity contribution in [3.8, 4) is 0 Å². The fraction of sp³-hybridized carbons (Fsp3) is 0.455. The largest absolute Gasteiger partial charge is 0.399 e. The van der Waals surface area contributed by atoms with E-state index in [4.69, 9.17) is 11.5 Å². The van der Waals surface area contributed by atoms with Crippen molar-refractivity contribution in [1.82, 2.24) is 0 Å². The maximum Gasteiger partial charge on any atom is 0.0314 e. The van der Waals surface area contributed by atoms with Crippen LogP contribution in [0.2, 0.25) is 0 Å². The molecule has 4 aromatic carbocycles. The van der Waals surface area contributed by atoms with Gasteiger partial charge >= 0.3 is 0 Å². The average Bonchev–Trinajstić information content (AvgIpc) is 3.08. The van der Waals surface area contributed by atoms with Gasteiger partial charge in [0.1, 0.15) is 0 Å². The van der Waals surface area contributed by atoms with Crippen LogP contribution in [0.4, 0.5) is 11.4 Å². The van der Waals surface area contributed by atoms with E-state index in [1.807, 2.05) is 24.3 Å². The van der Waals surface area contributed by atoms with Gasteiger partial charge in [0.2, 0.25) is 0 Å². The van der Waals surface area contributed by atoms with Crippen molar-refractivity contribution >= 4 is 11.4 Å². The second-order valence-corrected chi connectivity index (χ2v) is 13.5. The molecule has 246 valence electrons. The summed E-state index contributed by atoms with van der Waals surface area (Å²) in [5.41, 5.74) is 25.0. The number of anilines is 2. The third-order valence-corrected chi connectivity index (χ3v) is 9.73. The van der Waals surface area contributed by atoms with E-state index >= 15 is 0 Å². The zero-order valence-electron chi connectivity index (χ0n) is 29.0. The monoisotopic (exact) mass is 616 g/mol. The first-order valence-corrected chi connectivity index (χ1v) is 18.4. The molecule has 4 aromatic rings. The number of hydrogen-bond donors (Lipinski definition) is 2. The highest BCUT2D eigenvalue weighted by Gasteiger charge is 2.06. The molecule has 0 aliphatic carbocycles. The van der Waals surface area contributed by atoms with Gasteiger partial charge in [-0.2, -0.15) is 0 Å². The Hall–Kier alpha value is -3.52. The molecule has 4 rings (SSSR count). The third-order valence-electron chi connectivity index (χ3n) is 9.73. The summed E-state index contributed by atoms with van der Waals surface area (Å²) in [6.07, 6.45) is 23.2. The zero-order valence-corrected chi connectivity index (χ0v) is 29.0. The number of unbranched alkanes of at least 4 members (excludes halogenated alkanes) is 11. The Labute approximate surface area is 281 Å². The normalized spacial score (nSPS) is 11.3. The maximum atomic E-state index is 5.86. The topological polar surface area (TPSA) is 52.0 Å². The highest BCUT2D eigenvalue weighted by atomic mass is 14.5. The van der Waals surface area contributed by atoms with E-state index < -0.39 is 0 Å². The van der Waals surface area contributed by atoms with Gasteiger partial charge < -0.3 is 11.5 Å². The molecule has 0 atom stereocenters. The second-order valence-electron chi connectivity index (χ2n) is 13.5. The van der Waals surface area contributed by atoms with Crippen LogP contribution in [0.5, 0.6) is 0 Å². The Kier molecular flexibility index (Phi) is 15.3. The number of aryl methyl sites for hydroxylation is 4. The molecule has 0 heterocycles. The number of hydrogen-bond acceptors (Lipinski definition) is 2. The fourth-order valence-corrected chi connectivity index (χ4v) is 6.81. The van der Waals surface area contributed by atoms with E-state index in [0.29, 0.717) is 0 Å². The molecule has 0 aromatic heterocycles. The lowest BCUT2D eigenvalue weighted by Crippen LogP contribution is -1.98. The van der Waals surface area contributed by atoms with Crippen LogP contribution in [0.25, 0.3) is 0 Å². The molecule has 0 fully saturated rings. The lowest BCUT2D eigenvalue weighted by Gasteiger charge is -2.11. The summed E-state index contributed by atoms with van der Waals surface area (Å²) in [6, 6.07) is 31.0. The minimum absolute atomic E-state index is 0.836. The van der Waals surface area contributed by atoms with Crippen LogP contribution in [0.15, 0.2) is 84.9 Å². The Bertz CT molecular complexity index is 1310. The van der Waals surface area contributed by atoms with Crippen molar-refractivity contribution in [2.45, 2.75) is 129 Å². The van der Waals surface area contributed by atoms with Crippen molar-refractivity contribution < 1.29 is 0 Å². The van der Waals surface area contributed by atoms with Crippen molar-refractivity contribution in [1.29, 1.82) is 0 Å². The first kappa shape index (κ1) is 35.3. The number of nitrogens with two attached hydrogens (primary N) is 2. The van der Waals surface area contributed by atoms with Crippen LogP contribution in [0.3, 0.4) is 0 Å².